The van der Waals surface area contributed by atoms with Gasteiger partial charge in [-0.1, -0.05) is 31.2 Å². The molecule has 216 valence electrons. The lowest BCUT2D eigenvalue weighted by Crippen LogP contribution is -2.57. The molecule has 10 heteroatoms. The molecule has 0 spiro atoms. The molecule has 0 bridgehead atoms. The van der Waals surface area contributed by atoms with Crippen molar-refractivity contribution in [3.05, 3.63) is 70.3 Å². The number of aryl methyl sites for hydroxylation is 1. The van der Waals surface area contributed by atoms with Crippen molar-refractivity contribution in [1.82, 2.24) is 10.2 Å². The van der Waals surface area contributed by atoms with Crippen LogP contribution in [0.15, 0.2) is 42.5 Å². The maximum atomic E-state index is 13.3. The monoisotopic (exact) mass is 558 g/mol. The maximum absolute atomic E-state index is 13.3. The van der Waals surface area contributed by atoms with E-state index in [1.54, 1.807) is 25.7 Å². The van der Waals surface area contributed by atoms with E-state index in [2.05, 4.69) is 5.32 Å². The van der Waals surface area contributed by atoms with Crippen LogP contribution in [-0.2, 0) is 30.1 Å². The van der Waals surface area contributed by atoms with Crippen molar-refractivity contribution in [1.29, 1.82) is 0 Å². The van der Waals surface area contributed by atoms with Crippen LogP contribution in [0.5, 0.6) is 0 Å². The predicted octanol–water partition coefficient (Wildman–Crippen LogP) is 7.91. The fourth-order valence-corrected chi connectivity index (χ4v) is 5.08. The van der Waals surface area contributed by atoms with E-state index in [0.717, 1.165) is 23.3 Å². The van der Waals surface area contributed by atoms with Gasteiger partial charge in [-0.2, -0.15) is 26.3 Å². The zero-order valence-electron chi connectivity index (χ0n) is 22.8. The molecule has 4 nitrogen and oxygen atoms in total. The van der Waals surface area contributed by atoms with Gasteiger partial charge in [0.1, 0.15) is 5.60 Å². The Hall–Kier alpha value is -2.75. The highest BCUT2D eigenvalue weighted by atomic mass is 19.4. The average molecular weight is 559 g/mol. The van der Waals surface area contributed by atoms with Crippen LogP contribution in [0.1, 0.15) is 74.8 Å². The molecule has 0 aromatic heterocycles. The summed E-state index contributed by atoms with van der Waals surface area (Å²) in [6.07, 6.45) is -8.12. The summed E-state index contributed by atoms with van der Waals surface area (Å²) in [5.41, 5.74) is -1.35. The van der Waals surface area contributed by atoms with Crippen molar-refractivity contribution >= 4 is 6.09 Å². The molecule has 0 radical (unpaired) electrons. The number of carbonyl (C=O) groups excluding carboxylic acids is 1. The first-order chi connectivity index (χ1) is 18.0. The first-order valence-corrected chi connectivity index (χ1v) is 13.1. The third-order valence-corrected chi connectivity index (χ3v) is 6.93. The van der Waals surface area contributed by atoms with Crippen LogP contribution in [0.3, 0.4) is 0 Å². The van der Waals surface area contributed by atoms with E-state index >= 15 is 0 Å². The standard InChI is InChI=1S/C29H36F6N2O2/c1-6-24-15-23(36-17-19-11-21(28(30,31)32)14-22(12-19)29(33,34)35)16-25(13-20-10-8-7-9-18(20)2)37(24)26(38)39-27(3,4)5/h7-12,14,23-25,36H,6,13,15-17H2,1-5H3/t23-,24+,25-/m0/s1. The molecule has 1 aliphatic heterocycles. The molecule has 1 aliphatic rings. The summed E-state index contributed by atoms with van der Waals surface area (Å²) < 4.78 is 85.6. The Morgan fingerprint density at radius 3 is 2.03 bits per heavy atom. The van der Waals surface area contributed by atoms with Crippen molar-refractivity contribution in [3.8, 4) is 0 Å². The Morgan fingerprint density at radius 2 is 1.51 bits per heavy atom. The number of ether oxygens (including phenoxy) is 1. The molecule has 1 saturated heterocycles. The van der Waals surface area contributed by atoms with Gasteiger partial charge in [-0.15, -0.1) is 0 Å². The minimum Gasteiger partial charge on any atom is -0.444 e. The van der Waals surface area contributed by atoms with Crippen molar-refractivity contribution in [2.24, 2.45) is 0 Å². The minimum atomic E-state index is -4.90. The average Bonchev–Trinajstić information content (AvgIpc) is 2.81. The molecule has 1 fully saturated rings. The molecule has 3 atom stereocenters. The van der Waals surface area contributed by atoms with Crippen LogP contribution < -0.4 is 5.32 Å². The van der Waals surface area contributed by atoms with Crippen molar-refractivity contribution in [2.45, 2.75) is 103 Å². The van der Waals surface area contributed by atoms with E-state index in [4.69, 9.17) is 4.74 Å². The highest BCUT2D eigenvalue weighted by Crippen LogP contribution is 2.37. The van der Waals surface area contributed by atoms with Gasteiger partial charge >= 0.3 is 18.4 Å². The first-order valence-electron chi connectivity index (χ1n) is 13.1. The highest BCUT2D eigenvalue weighted by Gasteiger charge is 2.40. The molecule has 39 heavy (non-hydrogen) atoms. The third kappa shape index (κ3) is 8.37. The number of carbonyl (C=O) groups is 1. The summed E-state index contributed by atoms with van der Waals surface area (Å²) in [5.74, 6) is 0. The number of piperidine rings is 1. The lowest BCUT2D eigenvalue weighted by molar-refractivity contribution is -0.143. The first kappa shape index (κ1) is 30.8. The molecular formula is C29H36F6N2O2. The van der Waals surface area contributed by atoms with Crippen molar-refractivity contribution in [3.63, 3.8) is 0 Å². The number of hydrogen-bond donors (Lipinski definition) is 1. The van der Waals surface area contributed by atoms with Crippen molar-refractivity contribution in [2.75, 3.05) is 0 Å². The van der Waals surface area contributed by atoms with Gasteiger partial charge in [0.25, 0.3) is 0 Å². The van der Waals surface area contributed by atoms with Gasteiger partial charge in [0.2, 0.25) is 0 Å². The number of nitrogens with one attached hydrogen (secondary N) is 1. The summed E-state index contributed by atoms with van der Waals surface area (Å²) in [5, 5.41) is 3.18. The zero-order valence-corrected chi connectivity index (χ0v) is 22.8. The smallest absolute Gasteiger partial charge is 0.416 e. The Bertz CT molecular complexity index is 1110. The molecule has 0 unspecified atom stereocenters. The number of rotatable bonds is 6. The van der Waals surface area contributed by atoms with E-state index in [1.165, 1.54) is 0 Å². The van der Waals surface area contributed by atoms with Gasteiger partial charge in [-0.25, -0.2) is 4.79 Å². The molecule has 1 heterocycles. The second kappa shape index (κ2) is 11.8. The number of amides is 1. The summed E-state index contributed by atoms with van der Waals surface area (Å²) in [6.45, 7) is 9.13. The lowest BCUT2D eigenvalue weighted by Gasteiger charge is -2.45. The molecule has 2 aromatic rings. The molecule has 0 aliphatic carbocycles. The second-order valence-electron chi connectivity index (χ2n) is 11.2. The largest absolute Gasteiger partial charge is 0.444 e. The SMILES string of the molecule is CC[C@@H]1C[C@H](NCc2cc(C(F)(F)F)cc(C(F)(F)F)c2)C[C@H](Cc2ccccc2C)N1C(=O)OC(C)(C)C. The number of halogens is 6. The van der Waals surface area contributed by atoms with Crippen LogP contribution in [-0.4, -0.2) is 34.7 Å². The van der Waals surface area contributed by atoms with Crippen LogP contribution in [0.25, 0.3) is 0 Å². The highest BCUT2D eigenvalue weighted by molar-refractivity contribution is 5.69. The molecule has 2 aromatic carbocycles. The number of alkyl halides is 6. The maximum Gasteiger partial charge on any atom is 0.416 e. The fraction of sp³-hybridized carbons (Fsp3) is 0.552. The van der Waals surface area contributed by atoms with E-state index in [0.29, 0.717) is 25.7 Å². The summed E-state index contributed by atoms with van der Waals surface area (Å²) in [7, 11) is 0. The van der Waals surface area contributed by atoms with Gasteiger partial charge in [-0.05, 0) is 88.3 Å². The molecular weight excluding hydrogens is 522 g/mol. The van der Waals surface area contributed by atoms with E-state index in [1.807, 2.05) is 38.1 Å². The number of hydrogen-bond acceptors (Lipinski definition) is 3. The summed E-state index contributed by atoms with van der Waals surface area (Å²) in [4.78, 5) is 15.1. The summed E-state index contributed by atoms with van der Waals surface area (Å²) >= 11 is 0. The molecule has 3 rings (SSSR count). The lowest BCUT2D eigenvalue weighted by atomic mass is 9.86. The normalized spacial score (nSPS) is 20.7. The van der Waals surface area contributed by atoms with E-state index in [-0.39, 0.29) is 36.3 Å². The quantitative estimate of drug-likeness (QED) is 0.367. The van der Waals surface area contributed by atoms with Gasteiger partial charge in [0.15, 0.2) is 0 Å². The van der Waals surface area contributed by atoms with E-state index < -0.39 is 35.2 Å². The Labute approximate surface area is 225 Å². The third-order valence-electron chi connectivity index (χ3n) is 6.93. The van der Waals surface area contributed by atoms with Crippen LogP contribution >= 0.6 is 0 Å². The number of nitrogens with zero attached hydrogens (tertiary/aromatic N) is 1. The molecule has 1 N–H and O–H groups in total. The van der Waals surface area contributed by atoms with Gasteiger partial charge in [0, 0.05) is 24.7 Å². The van der Waals surface area contributed by atoms with E-state index in [9.17, 15) is 31.1 Å². The molecule has 1 amide bonds. The van der Waals surface area contributed by atoms with Crippen LogP contribution in [0.4, 0.5) is 31.1 Å². The summed E-state index contributed by atoms with van der Waals surface area (Å²) in [6, 6.07) is 8.73. The Kier molecular flexibility index (Phi) is 9.30. The number of benzene rings is 2. The Morgan fingerprint density at radius 1 is 0.949 bits per heavy atom. The Balaban J connectivity index is 1.87. The zero-order chi connectivity index (χ0) is 29.2. The van der Waals surface area contributed by atoms with Gasteiger partial charge < -0.3 is 15.0 Å². The molecule has 0 saturated carbocycles. The predicted molar refractivity (Wildman–Crippen MR) is 137 cm³/mol. The van der Waals surface area contributed by atoms with Crippen LogP contribution in [0.2, 0.25) is 0 Å². The van der Waals surface area contributed by atoms with Gasteiger partial charge in [0.05, 0.1) is 11.1 Å². The topological polar surface area (TPSA) is 41.6 Å². The fourth-order valence-electron chi connectivity index (χ4n) is 5.08. The van der Waals surface area contributed by atoms with Gasteiger partial charge in [-0.3, -0.25) is 0 Å². The number of likely N-dealkylation sites (tertiary alicyclic amines) is 1. The second-order valence-corrected chi connectivity index (χ2v) is 11.2. The van der Waals surface area contributed by atoms with Crippen molar-refractivity contribution < 1.29 is 35.9 Å². The van der Waals surface area contributed by atoms with Crippen LogP contribution in [0, 0.1) is 6.92 Å². The minimum absolute atomic E-state index is 0.102.